The molecule has 0 amide bonds. The van der Waals surface area contributed by atoms with Crippen molar-refractivity contribution in [3.63, 3.8) is 0 Å². The Labute approximate surface area is 86.4 Å². The Morgan fingerprint density at radius 2 is 2.27 bits per heavy atom. The topological polar surface area (TPSA) is 67.5 Å². The van der Waals surface area contributed by atoms with Crippen LogP contribution < -0.4 is 0 Å². The van der Waals surface area contributed by atoms with Gasteiger partial charge in [-0.1, -0.05) is 0 Å². The number of aliphatic carboxylic acids is 1. The molecular weight excluding hydrogens is 194 g/mol. The first-order valence-electron chi connectivity index (χ1n) is 4.61. The highest BCUT2D eigenvalue weighted by Gasteiger charge is 2.12. The molecule has 2 aromatic rings. The SMILES string of the molecule is Cc1nc2ccnn2c(C)c1CC(=O)O. The first-order valence-corrected chi connectivity index (χ1v) is 4.61. The van der Waals surface area contributed by atoms with Gasteiger partial charge in [0.05, 0.1) is 12.6 Å². The van der Waals surface area contributed by atoms with E-state index in [4.69, 9.17) is 5.11 Å². The predicted molar refractivity (Wildman–Crippen MR) is 53.8 cm³/mol. The largest absolute Gasteiger partial charge is 0.481 e. The number of fused-ring (bicyclic) bond motifs is 1. The molecule has 0 aliphatic rings. The molecule has 0 aliphatic heterocycles. The van der Waals surface area contributed by atoms with Crippen LogP contribution in [-0.4, -0.2) is 25.7 Å². The summed E-state index contributed by atoms with van der Waals surface area (Å²) in [7, 11) is 0. The standard InChI is InChI=1S/C10H11N3O2/c1-6-8(5-10(14)15)7(2)13-9(12-6)3-4-11-13/h3-4H,5H2,1-2H3,(H,14,15). The van der Waals surface area contributed by atoms with Gasteiger partial charge >= 0.3 is 5.97 Å². The molecule has 0 saturated heterocycles. The Bertz CT molecular complexity index is 531. The normalized spacial score (nSPS) is 10.8. The van der Waals surface area contributed by atoms with Gasteiger partial charge in [-0.3, -0.25) is 4.79 Å². The van der Waals surface area contributed by atoms with Crippen molar-refractivity contribution in [1.29, 1.82) is 0 Å². The average molecular weight is 205 g/mol. The second-order valence-electron chi connectivity index (χ2n) is 3.43. The second kappa shape index (κ2) is 3.34. The van der Waals surface area contributed by atoms with Gasteiger partial charge in [-0.2, -0.15) is 5.10 Å². The summed E-state index contributed by atoms with van der Waals surface area (Å²) in [6.45, 7) is 3.67. The van der Waals surface area contributed by atoms with Crippen molar-refractivity contribution >= 4 is 11.6 Å². The van der Waals surface area contributed by atoms with Gasteiger partial charge in [-0.15, -0.1) is 0 Å². The maximum atomic E-state index is 10.7. The fourth-order valence-corrected chi connectivity index (χ4v) is 1.68. The molecule has 0 atom stereocenters. The Morgan fingerprint density at radius 1 is 1.53 bits per heavy atom. The number of carbonyl (C=O) groups is 1. The minimum Gasteiger partial charge on any atom is -0.481 e. The van der Waals surface area contributed by atoms with Crippen LogP contribution in [0.5, 0.6) is 0 Å². The van der Waals surface area contributed by atoms with Gasteiger partial charge in [-0.25, -0.2) is 9.50 Å². The van der Waals surface area contributed by atoms with Crippen LogP contribution in [0.3, 0.4) is 0 Å². The number of nitrogens with zero attached hydrogens (tertiary/aromatic N) is 3. The van der Waals surface area contributed by atoms with E-state index in [0.29, 0.717) is 0 Å². The monoisotopic (exact) mass is 205 g/mol. The van der Waals surface area contributed by atoms with Crippen molar-refractivity contribution in [2.75, 3.05) is 0 Å². The first-order chi connectivity index (χ1) is 7.09. The number of hydrogen-bond donors (Lipinski definition) is 1. The zero-order chi connectivity index (χ0) is 11.0. The molecule has 5 nitrogen and oxygen atoms in total. The van der Waals surface area contributed by atoms with E-state index in [1.807, 2.05) is 13.8 Å². The molecule has 0 aliphatic carbocycles. The number of hydrogen-bond acceptors (Lipinski definition) is 3. The summed E-state index contributed by atoms with van der Waals surface area (Å²) in [6, 6.07) is 1.80. The zero-order valence-corrected chi connectivity index (χ0v) is 8.56. The van der Waals surface area contributed by atoms with Crippen LogP contribution in [0.4, 0.5) is 0 Å². The van der Waals surface area contributed by atoms with Crippen molar-refractivity contribution < 1.29 is 9.90 Å². The summed E-state index contributed by atoms with van der Waals surface area (Å²) in [5.74, 6) is -0.852. The molecular formula is C10H11N3O2. The predicted octanol–water partition coefficient (Wildman–Crippen LogP) is 0.973. The number of aryl methyl sites for hydroxylation is 2. The van der Waals surface area contributed by atoms with Crippen LogP contribution >= 0.6 is 0 Å². The lowest BCUT2D eigenvalue weighted by Gasteiger charge is -2.08. The van der Waals surface area contributed by atoms with Crippen molar-refractivity contribution in [2.45, 2.75) is 20.3 Å². The maximum absolute atomic E-state index is 10.7. The number of rotatable bonds is 2. The minimum atomic E-state index is -0.852. The minimum absolute atomic E-state index is 0.0134. The lowest BCUT2D eigenvalue weighted by Crippen LogP contribution is -2.10. The van der Waals surface area contributed by atoms with Gasteiger partial charge in [0.15, 0.2) is 5.65 Å². The van der Waals surface area contributed by atoms with E-state index in [1.54, 1.807) is 16.8 Å². The highest BCUT2D eigenvalue weighted by atomic mass is 16.4. The third kappa shape index (κ3) is 1.56. The Hall–Kier alpha value is -1.91. The van der Waals surface area contributed by atoms with Crippen molar-refractivity contribution in [3.05, 3.63) is 29.2 Å². The van der Waals surface area contributed by atoms with E-state index in [2.05, 4.69) is 10.1 Å². The quantitative estimate of drug-likeness (QED) is 0.793. The highest BCUT2D eigenvalue weighted by Crippen LogP contribution is 2.14. The van der Waals surface area contributed by atoms with E-state index in [0.717, 1.165) is 22.6 Å². The van der Waals surface area contributed by atoms with Crippen molar-refractivity contribution in [3.8, 4) is 0 Å². The smallest absolute Gasteiger partial charge is 0.307 e. The molecule has 0 saturated carbocycles. The second-order valence-corrected chi connectivity index (χ2v) is 3.43. The van der Waals surface area contributed by atoms with Crippen LogP contribution in [0.25, 0.3) is 5.65 Å². The summed E-state index contributed by atoms with van der Waals surface area (Å²) in [4.78, 5) is 15.0. The molecule has 2 aromatic heterocycles. The maximum Gasteiger partial charge on any atom is 0.307 e. The third-order valence-corrected chi connectivity index (χ3v) is 2.42. The molecule has 0 radical (unpaired) electrons. The number of carboxylic acids is 1. The van der Waals surface area contributed by atoms with Gasteiger partial charge in [0.2, 0.25) is 0 Å². The van der Waals surface area contributed by atoms with E-state index in [1.165, 1.54) is 0 Å². The van der Waals surface area contributed by atoms with Gasteiger partial charge in [0.1, 0.15) is 0 Å². The molecule has 2 heterocycles. The van der Waals surface area contributed by atoms with Gasteiger partial charge in [-0.05, 0) is 13.8 Å². The van der Waals surface area contributed by atoms with Gasteiger partial charge in [0.25, 0.3) is 0 Å². The van der Waals surface area contributed by atoms with Crippen LogP contribution in [0.1, 0.15) is 17.0 Å². The van der Waals surface area contributed by atoms with E-state index in [9.17, 15) is 4.79 Å². The molecule has 0 fully saturated rings. The van der Waals surface area contributed by atoms with Crippen LogP contribution in [0.2, 0.25) is 0 Å². The first kappa shape index (κ1) is 9.64. The average Bonchev–Trinajstić information content (AvgIpc) is 2.59. The summed E-state index contributed by atoms with van der Waals surface area (Å²) in [6.07, 6.45) is 1.64. The summed E-state index contributed by atoms with van der Waals surface area (Å²) < 4.78 is 1.66. The lowest BCUT2D eigenvalue weighted by atomic mass is 10.1. The molecule has 2 rings (SSSR count). The Kier molecular flexibility index (Phi) is 2.15. The van der Waals surface area contributed by atoms with Crippen molar-refractivity contribution in [1.82, 2.24) is 14.6 Å². The van der Waals surface area contributed by atoms with Crippen LogP contribution in [0, 0.1) is 13.8 Å². The fourth-order valence-electron chi connectivity index (χ4n) is 1.68. The lowest BCUT2D eigenvalue weighted by molar-refractivity contribution is -0.136. The summed E-state index contributed by atoms with van der Waals surface area (Å²) in [5, 5.41) is 12.9. The van der Waals surface area contributed by atoms with Gasteiger partial charge in [0, 0.05) is 23.0 Å². The molecule has 1 N–H and O–H groups in total. The van der Waals surface area contributed by atoms with Gasteiger partial charge < -0.3 is 5.11 Å². The fraction of sp³-hybridized carbons (Fsp3) is 0.300. The van der Waals surface area contributed by atoms with Crippen molar-refractivity contribution in [2.24, 2.45) is 0 Å². The molecule has 0 unspecified atom stereocenters. The number of aromatic nitrogens is 3. The molecule has 0 aromatic carbocycles. The van der Waals surface area contributed by atoms with Crippen LogP contribution in [0.15, 0.2) is 12.3 Å². The van der Waals surface area contributed by atoms with E-state index in [-0.39, 0.29) is 6.42 Å². The molecule has 0 spiro atoms. The molecule has 5 heteroatoms. The third-order valence-electron chi connectivity index (χ3n) is 2.42. The molecule has 0 bridgehead atoms. The van der Waals surface area contributed by atoms with E-state index >= 15 is 0 Å². The summed E-state index contributed by atoms with van der Waals surface area (Å²) >= 11 is 0. The van der Waals surface area contributed by atoms with E-state index < -0.39 is 5.97 Å². The molecule has 78 valence electrons. The zero-order valence-electron chi connectivity index (χ0n) is 8.56. The Morgan fingerprint density at radius 3 is 2.93 bits per heavy atom. The highest BCUT2D eigenvalue weighted by molar-refractivity contribution is 5.71. The number of carboxylic acid groups (broad SMARTS) is 1. The molecule has 15 heavy (non-hydrogen) atoms. The summed E-state index contributed by atoms with van der Waals surface area (Å²) in [5.41, 5.74) is 3.07. The van der Waals surface area contributed by atoms with Crippen LogP contribution in [-0.2, 0) is 11.2 Å². The Balaban J connectivity index is 2.66.